The lowest BCUT2D eigenvalue weighted by molar-refractivity contribution is -0.136. The van der Waals surface area contributed by atoms with Gasteiger partial charge in [0.05, 0.1) is 6.10 Å². The number of benzene rings is 1. The minimum Gasteiger partial charge on any atom is -0.423 e. The van der Waals surface area contributed by atoms with Crippen LogP contribution in [0.1, 0.15) is 32.1 Å². The van der Waals surface area contributed by atoms with Crippen molar-refractivity contribution in [3.05, 3.63) is 24.3 Å². The number of rotatable bonds is 3. The van der Waals surface area contributed by atoms with Crippen LogP contribution in [0, 0.1) is 5.92 Å². The zero-order valence-electron chi connectivity index (χ0n) is 16.9. The van der Waals surface area contributed by atoms with Crippen molar-refractivity contribution in [1.29, 1.82) is 0 Å². The Labute approximate surface area is 171 Å². The number of hydrogen-bond donors (Lipinski definition) is 1. The number of carbonyl (C=O) groups is 1. The zero-order valence-corrected chi connectivity index (χ0v) is 16.9. The highest BCUT2D eigenvalue weighted by atomic mass is 16.4. The smallest absolute Gasteiger partial charge is 0.298 e. The molecule has 0 radical (unpaired) electrons. The van der Waals surface area contributed by atoms with Gasteiger partial charge in [-0.25, -0.2) is 0 Å². The van der Waals surface area contributed by atoms with Gasteiger partial charge in [0.15, 0.2) is 5.58 Å². The van der Waals surface area contributed by atoms with Crippen molar-refractivity contribution in [1.82, 2.24) is 14.8 Å². The number of carbonyl (C=O) groups excluding carboxylic acids is 1. The highest BCUT2D eigenvalue weighted by Gasteiger charge is 2.34. The first-order chi connectivity index (χ1) is 14.2. The monoisotopic (exact) mass is 398 g/mol. The number of anilines is 1. The van der Waals surface area contributed by atoms with E-state index in [9.17, 15) is 9.90 Å². The predicted octanol–water partition coefficient (Wildman–Crippen LogP) is 2.10. The first-order valence-corrected chi connectivity index (χ1v) is 11.0. The number of aliphatic hydroxyl groups is 1. The van der Waals surface area contributed by atoms with Gasteiger partial charge in [-0.3, -0.25) is 4.79 Å². The van der Waals surface area contributed by atoms with Crippen molar-refractivity contribution in [2.45, 2.75) is 44.2 Å². The van der Waals surface area contributed by atoms with E-state index >= 15 is 0 Å². The fourth-order valence-electron chi connectivity index (χ4n) is 5.13. The van der Waals surface area contributed by atoms with E-state index < -0.39 is 0 Å². The molecule has 0 bridgehead atoms. The predicted molar refractivity (Wildman–Crippen MR) is 111 cm³/mol. The van der Waals surface area contributed by atoms with Gasteiger partial charge in [-0.2, -0.15) is 4.98 Å². The second kappa shape index (κ2) is 7.95. The summed E-state index contributed by atoms with van der Waals surface area (Å²) in [5.74, 6) is 0.392. The van der Waals surface area contributed by atoms with Crippen LogP contribution in [0.4, 0.5) is 6.01 Å². The van der Waals surface area contributed by atoms with Crippen molar-refractivity contribution in [2.75, 3.05) is 44.2 Å². The van der Waals surface area contributed by atoms with Gasteiger partial charge >= 0.3 is 0 Å². The number of likely N-dealkylation sites (tertiary alicyclic amines) is 2. The van der Waals surface area contributed by atoms with E-state index in [-0.39, 0.29) is 17.9 Å². The second-order valence-corrected chi connectivity index (χ2v) is 8.72. The Morgan fingerprint density at radius 2 is 1.76 bits per heavy atom. The van der Waals surface area contributed by atoms with E-state index in [0.29, 0.717) is 19.1 Å². The molecule has 0 aliphatic carbocycles. The van der Waals surface area contributed by atoms with Crippen molar-refractivity contribution in [2.24, 2.45) is 5.92 Å². The van der Waals surface area contributed by atoms with E-state index in [1.807, 2.05) is 29.2 Å². The minimum absolute atomic E-state index is 0.136. The summed E-state index contributed by atoms with van der Waals surface area (Å²) in [5, 5.41) is 9.69. The molecule has 3 fully saturated rings. The molecule has 2 aromatic rings. The van der Waals surface area contributed by atoms with Crippen LogP contribution in [0.25, 0.3) is 11.1 Å². The molecular weight excluding hydrogens is 368 g/mol. The summed E-state index contributed by atoms with van der Waals surface area (Å²) in [5.41, 5.74) is 1.77. The van der Waals surface area contributed by atoms with Crippen molar-refractivity contribution >= 4 is 23.0 Å². The molecule has 156 valence electrons. The molecule has 0 spiro atoms. The number of hydrogen-bond acceptors (Lipinski definition) is 6. The van der Waals surface area contributed by atoms with Gasteiger partial charge < -0.3 is 24.2 Å². The maximum absolute atomic E-state index is 12.7. The summed E-state index contributed by atoms with van der Waals surface area (Å²) in [6.07, 6.45) is 4.49. The standard InChI is InChI=1S/C22H30N4O3/c27-18-9-14-26(15-18)21(28)16-5-10-24(11-6-16)17-7-12-25(13-8-17)22-23-19-3-1-2-4-20(19)29-22/h1-4,16-18,27H,5-15H2/t18-/m0/s1. The molecule has 0 saturated carbocycles. The number of amides is 1. The largest absolute Gasteiger partial charge is 0.423 e. The van der Waals surface area contributed by atoms with Crippen molar-refractivity contribution < 1.29 is 14.3 Å². The summed E-state index contributed by atoms with van der Waals surface area (Å²) in [4.78, 5) is 24.0. The maximum atomic E-state index is 12.7. The number of fused-ring (bicyclic) bond motifs is 1. The Kier molecular flexibility index (Phi) is 5.18. The lowest BCUT2D eigenvalue weighted by Crippen LogP contribution is -2.49. The molecule has 3 aliphatic heterocycles. The van der Waals surface area contributed by atoms with E-state index in [1.165, 1.54) is 0 Å². The van der Waals surface area contributed by atoms with Crippen LogP contribution >= 0.6 is 0 Å². The van der Waals surface area contributed by atoms with E-state index in [1.54, 1.807) is 0 Å². The lowest BCUT2D eigenvalue weighted by Gasteiger charge is -2.41. The number of piperidine rings is 2. The number of aromatic nitrogens is 1. The SMILES string of the molecule is O=C(C1CCN(C2CCN(c3nc4ccccc4o3)CC2)CC1)N1CC[C@H](O)C1. The maximum Gasteiger partial charge on any atom is 0.298 e. The van der Waals surface area contributed by atoms with Crippen LogP contribution in [0.2, 0.25) is 0 Å². The fourth-order valence-corrected chi connectivity index (χ4v) is 5.13. The number of nitrogens with zero attached hydrogens (tertiary/aromatic N) is 4. The van der Waals surface area contributed by atoms with Gasteiger partial charge in [-0.1, -0.05) is 12.1 Å². The number of aliphatic hydroxyl groups excluding tert-OH is 1. The Morgan fingerprint density at radius 1 is 1.00 bits per heavy atom. The topological polar surface area (TPSA) is 73.1 Å². The molecule has 1 aromatic heterocycles. The molecule has 7 nitrogen and oxygen atoms in total. The molecule has 7 heteroatoms. The van der Waals surface area contributed by atoms with Crippen molar-refractivity contribution in [3.63, 3.8) is 0 Å². The summed E-state index contributed by atoms with van der Waals surface area (Å²) in [6, 6.07) is 9.24. The third-order valence-corrected chi connectivity index (χ3v) is 6.89. The summed E-state index contributed by atoms with van der Waals surface area (Å²) in [6.45, 7) is 5.16. The Morgan fingerprint density at radius 3 is 2.45 bits per heavy atom. The van der Waals surface area contributed by atoms with Gasteiger partial charge in [-0.15, -0.1) is 0 Å². The van der Waals surface area contributed by atoms with Crippen LogP contribution in [-0.2, 0) is 4.79 Å². The highest BCUT2D eigenvalue weighted by molar-refractivity contribution is 5.79. The Bertz CT molecular complexity index is 820. The lowest BCUT2D eigenvalue weighted by atomic mass is 9.92. The van der Waals surface area contributed by atoms with E-state index in [2.05, 4.69) is 14.8 Å². The van der Waals surface area contributed by atoms with Gasteiger partial charge in [0.1, 0.15) is 5.52 Å². The molecule has 4 heterocycles. The van der Waals surface area contributed by atoms with E-state index in [4.69, 9.17) is 4.42 Å². The number of oxazole rings is 1. The molecule has 1 amide bonds. The number of para-hydroxylation sites is 2. The van der Waals surface area contributed by atoms with Crippen LogP contribution in [-0.4, -0.2) is 77.2 Å². The molecule has 3 aliphatic rings. The first-order valence-electron chi connectivity index (χ1n) is 11.0. The highest BCUT2D eigenvalue weighted by Crippen LogP contribution is 2.29. The van der Waals surface area contributed by atoms with Gasteiger partial charge in [0.2, 0.25) is 5.91 Å². The summed E-state index contributed by atoms with van der Waals surface area (Å²) < 4.78 is 5.93. The quantitative estimate of drug-likeness (QED) is 0.854. The molecule has 1 atom stereocenters. The van der Waals surface area contributed by atoms with E-state index in [0.717, 1.165) is 75.4 Å². The normalized spacial score (nSPS) is 25.2. The Hall–Kier alpha value is -2.12. The van der Waals surface area contributed by atoms with Gasteiger partial charge in [0.25, 0.3) is 6.01 Å². The van der Waals surface area contributed by atoms with Crippen LogP contribution in [0.3, 0.4) is 0 Å². The minimum atomic E-state index is -0.328. The Balaban J connectivity index is 1.12. The van der Waals surface area contributed by atoms with Crippen LogP contribution in [0.15, 0.2) is 28.7 Å². The fraction of sp³-hybridized carbons (Fsp3) is 0.636. The zero-order chi connectivity index (χ0) is 19.8. The third kappa shape index (κ3) is 3.85. The molecule has 3 saturated heterocycles. The summed E-state index contributed by atoms with van der Waals surface area (Å²) >= 11 is 0. The van der Waals surface area contributed by atoms with Crippen LogP contribution < -0.4 is 4.90 Å². The average molecular weight is 399 g/mol. The van der Waals surface area contributed by atoms with Crippen LogP contribution in [0.5, 0.6) is 0 Å². The van der Waals surface area contributed by atoms with Gasteiger partial charge in [0, 0.05) is 38.1 Å². The first kappa shape index (κ1) is 18.9. The van der Waals surface area contributed by atoms with Crippen molar-refractivity contribution in [3.8, 4) is 0 Å². The molecular formula is C22H30N4O3. The molecule has 1 aromatic carbocycles. The number of β-amino-alcohol motifs (C(OH)–C–C–N with tert-alkyl or cyclic N) is 1. The van der Waals surface area contributed by atoms with Gasteiger partial charge in [-0.05, 0) is 57.3 Å². The molecule has 5 rings (SSSR count). The third-order valence-electron chi connectivity index (χ3n) is 6.89. The average Bonchev–Trinajstić information content (AvgIpc) is 3.40. The molecule has 29 heavy (non-hydrogen) atoms. The molecule has 0 unspecified atom stereocenters. The second-order valence-electron chi connectivity index (χ2n) is 8.72. The summed E-state index contributed by atoms with van der Waals surface area (Å²) in [7, 11) is 0. The molecule has 1 N–H and O–H groups in total.